The highest BCUT2D eigenvalue weighted by Gasteiger charge is 2.25. The number of hydrogen-bond donors (Lipinski definition) is 2. The van der Waals surface area contributed by atoms with Crippen LogP contribution in [0.1, 0.15) is 24.0 Å². The molecule has 2 aliphatic rings. The van der Waals surface area contributed by atoms with Crippen molar-refractivity contribution in [2.45, 2.75) is 30.6 Å². The fourth-order valence-corrected chi connectivity index (χ4v) is 4.91. The number of halogens is 1. The lowest BCUT2D eigenvalue weighted by atomic mass is 9.91. The summed E-state index contributed by atoms with van der Waals surface area (Å²) in [6.07, 6.45) is 3.82. The Hall–Kier alpha value is -0.860. The molecule has 1 saturated heterocycles. The summed E-state index contributed by atoms with van der Waals surface area (Å²) in [5.41, 5.74) is 2.00. The Morgan fingerprint density at radius 2 is 1.84 bits per heavy atom. The van der Waals surface area contributed by atoms with Gasteiger partial charge in [-0.2, -0.15) is 0 Å². The van der Waals surface area contributed by atoms with E-state index in [1.54, 1.807) is 19.2 Å². The number of nitrogens with zero attached hydrogens (tertiary/aromatic N) is 1. The van der Waals surface area contributed by atoms with E-state index in [1.165, 1.54) is 0 Å². The highest BCUT2D eigenvalue weighted by molar-refractivity contribution is 7.89. The summed E-state index contributed by atoms with van der Waals surface area (Å²) in [6.45, 7) is 5.08. The van der Waals surface area contributed by atoms with Crippen LogP contribution in [0.4, 0.5) is 0 Å². The zero-order chi connectivity index (χ0) is 17.0. The van der Waals surface area contributed by atoms with E-state index >= 15 is 0 Å². The van der Waals surface area contributed by atoms with Crippen LogP contribution in [0.2, 0.25) is 0 Å². The maximum absolute atomic E-state index is 12.8. The zero-order valence-electron chi connectivity index (χ0n) is 14.7. The van der Waals surface area contributed by atoms with Gasteiger partial charge in [-0.1, -0.05) is 0 Å². The molecule has 0 saturated carbocycles. The molecule has 0 amide bonds. The molecule has 1 aromatic rings. The number of rotatable bonds is 6. The predicted molar refractivity (Wildman–Crippen MR) is 101 cm³/mol. The molecule has 0 aromatic heterocycles. The van der Waals surface area contributed by atoms with Crippen molar-refractivity contribution in [3.63, 3.8) is 0 Å². The van der Waals surface area contributed by atoms with E-state index in [0.29, 0.717) is 11.4 Å². The second-order valence-electron chi connectivity index (χ2n) is 6.42. The third-order valence-corrected chi connectivity index (χ3v) is 6.43. The Kier molecular flexibility index (Phi) is 7.51. The number of benzene rings is 1. The van der Waals surface area contributed by atoms with Gasteiger partial charge in [0.25, 0.3) is 0 Å². The standard InChI is InChI=1S/C17H27N3O3S.ClH/c1-23-16-6-7-17(15-5-3-2-4-14(15)16)24(21,22)19-10-13-20-11-8-18-9-12-20;/h6-7,18-19H,2-5,8-13H2,1H3;1H. The summed E-state index contributed by atoms with van der Waals surface area (Å²) in [5, 5.41) is 3.30. The summed E-state index contributed by atoms with van der Waals surface area (Å²) in [6, 6.07) is 3.48. The van der Waals surface area contributed by atoms with Gasteiger partial charge in [0, 0.05) is 39.3 Å². The van der Waals surface area contributed by atoms with Crippen LogP contribution in [0.25, 0.3) is 0 Å². The van der Waals surface area contributed by atoms with E-state index in [0.717, 1.165) is 75.3 Å². The maximum atomic E-state index is 12.8. The Labute approximate surface area is 156 Å². The van der Waals surface area contributed by atoms with Crippen molar-refractivity contribution in [1.82, 2.24) is 14.9 Å². The fraction of sp³-hybridized carbons (Fsp3) is 0.647. The predicted octanol–water partition coefficient (Wildman–Crippen LogP) is 1.18. The smallest absolute Gasteiger partial charge is 0.240 e. The monoisotopic (exact) mass is 389 g/mol. The molecule has 1 aliphatic heterocycles. The lowest BCUT2D eigenvalue weighted by molar-refractivity contribution is 0.245. The first-order valence-electron chi connectivity index (χ1n) is 8.73. The van der Waals surface area contributed by atoms with Gasteiger partial charge < -0.3 is 10.1 Å². The second kappa shape index (κ2) is 9.19. The minimum absolute atomic E-state index is 0. The van der Waals surface area contributed by atoms with Crippen LogP contribution < -0.4 is 14.8 Å². The molecule has 0 bridgehead atoms. The molecule has 0 atom stereocenters. The Balaban J connectivity index is 0.00000225. The zero-order valence-corrected chi connectivity index (χ0v) is 16.3. The van der Waals surface area contributed by atoms with Crippen molar-refractivity contribution < 1.29 is 13.2 Å². The van der Waals surface area contributed by atoms with Gasteiger partial charge in [0.1, 0.15) is 5.75 Å². The number of hydrogen-bond acceptors (Lipinski definition) is 5. The molecular formula is C17H28ClN3O3S. The van der Waals surface area contributed by atoms with Crippen LogP contribution in [-0.4, -0.2) is 59.7 Å². The maximum Gasteiger partial charge on any atom is 0.240 e. The molecule has 1 aliphatic carbocycles. The van der Waals surface area contributed by atoms with Crippen molar-refractivity contribution in [2.75, 3.05) is 46.4 Å². The molecule has 3 rings (SSSR count). The lowest BCUT2D eigenvalue weighted by Gasteiger charge is -2.27. The van der Waals surface area contributed by atoms with Crippen molar-refractivity contribution in [3.05, 3.63) is 23.3 Å². The molecule has 2 N–H and O–H groups in total. The van der Waals surface area contributed by atoms with Crippen LogP contribution in [0.15, 0.2) is 17.0 Å². The Morgan fingerprint density at radius 3 is 2.52 bits per heavy atom. The minimum Gasteiger partial charge on any atom is -0.496 e. The van der Waals surface area contributed by atoms with E-state index in [9.17, 15) is 8.42 Å². The van der Waals surface area contributed by atoms with Gasteiger partial charge in [0.2, 0.25) is 10.0 Å². The molecule has 0 spiro atoms. The van der Waals surface area contributed by atoms with Crippen LogP contribution in [0, 0.1) is 0 Å². The summed E-state index contributed by atoms with van der Waals surface area (Å²) in [5.74, 6) is 0.810. The Morgan fingerprint density at radius 1 is 1.16 bits per heavy atom. The van der Waals surface area contributed by atoms with E-state index in [-0.39, 0.29) is 12.4 Å². The molecule has 1 aromatic carbocycles. The highest BCUT2D eigenvalue weighted by atomic mass is 35.5. The van der Waals surface area contributed by atoms with Crippen molar-refractivity contribution in [1.29, 1.82) is 0 Å². The molecule has 6 nitrogen and oxygen atoms in total. The van der Waals surface area contributed by atoms with Crippen molar-refractivity contribution in [2.24, 2.45) is 0 Å². The van der Waals surface area contributed by atoms with Gasteiger partial charge in [-0.25, -0.2) is 13.1 Å². The summed E-state index contributed by atoms with van der Waals surface area (Å²) in [7, 11) is -1.83. The van der Waals surface area contributed by atoms with Gasteiger partial charge in [0.15, 0.2) is 0 Å². The molecule has 0 radical (unpaired) electrons. The first kappa shape index (κ1) is 20.5. The lowest BCUT2D eigenvalue weighted by Crippen LogP contribution is -2.46. The summed E-state index contributed by atoms with van der Waals surface area (Å²) < 4.78 is 33.7. The van der Waals surface area contributed by atoms with Crippen molar-refractivity contribution in [3.8, 4) is 5.75 Å². The van der Waals surface area contributed by atoms with Crippen LogP contribution >= 0.6 is 12.4 Å². The van der Waals surface area contributed by atoms with Crippen LogP contribution in [0.5, 0.6) is 5.75 Å². The van der Waals surface area contributed by atoms with Gasteiger partial charge >= 0.3 is 0 Å². The number of sulfonamides is 1. The molecule has 1 fully saturated rings. The molecule has 0 unspecified atom stereocenters. The van der Waals surface area contributed by atoms with Crippen LogP contribution in [0.3, 0.4) is 0 Å². The molecule has 25 heavy (non-hydrogen) atoms. The van der Waals surface area contributed by atoms with E-state index in [1.807, 2.05) is 0 Å². The fourth-order valence-electron chi connectivity index (χ4n) is 3.60. The number of piperazine rings is 1. The number of methoxy groups -OCH3 is 1. The van der Waals surface area contributed by atoms with E-state index in [4.69, 9.17) is 4.74 Å². The van der Waals surface area contributed by atoms with Crippen LogP contribution in [-0.2, 0) is 22.9 Å². The average molecular weight is 390 g/mol. The molecule has 8 heteroatoms. The average Bonchev–Trinajstić information content (AvgIpc) is 2.61. The third-order valence-electron chi connectivity index (χ3n) is 4.89. The first-order valence-corrected chi connectivity index (χ1v) is 10.2. The third kappa shape index (κ3) is 4.86. The highest BCUT2D eigenvalue weighted by Crippen LogP contribution is 2.34. The van der Waals surface area contributed by atoms with E-state index in [2.05, 4.69) is 14.9 Å². The molecule has 142 valence electrons. The van der Waals surface area contributed by atoms with Gasteiger partial charge in [0.05, 0.1) is 12.0 Å². The number of fused-ring (bicyclic) bond motifs is 1. The number of nitrogens with one attached hydrogen (secondary N) is 2. The Bertz CT molecular complexity index is 676. The van der Waals surface area contributed by atoms with Gasteiger partial charge in [-0.15, -0.1) is 12.4 Å². The van der Waals surface area contributed by atoms with Gasteiger partial charge in [-0.3, -0.25) is 4.90 Å². The minimum atomic E-state index is -3.48. The summed E-state index contributed by atoms with van der Waals surface area (Å²) in [4.78, 5) is 2.71. The summed E-state index contributed by atoms with van der Waals surface area (Å²) >= 11 is 0. The number of ether oxygens (including phenoxy) is 1. The quantitative estimate of drug-likeness (QED) is 0.764. The normalized spacial score (nSPS) is 18.3. The first-order chi connectivity index (χ1) is 11.6. The topological polar surface area (TPSA) is 70.7 Å². The molecule has 1 heterocycles. The van der Waals surface area contributed by atoms with E-state index < -0.39 is 10.0 Å². The SMILES string of the molecule is COc1ccc(S(=O)(=O)NCCN2CCNCC2)c2c1CCCC2.Cl. The van der Waals surface area contributed by atoms with Crippen molar-refractivity contribution >= 4 is 22.4 Å². The molecular weight excluding hydrogens is 362 g/mol. The largest absolute Gasteiger partial charge is 0.496 e. The van der Waals surface area contributed by atoms with Gasteiger partial charge in [-0.05, 0) is 48.9 Å². The second-order valence-corrected chi connectivity index (χ2v) is 8.15.